The Labute approximate surface area is 185 Å². The highest BCUT2D eigenvalue weighted by atomic mass is 32.2. The van der Waals surface area contributed by atoms with Crippen LogP contribution in [0.4, 0.5) is 5.69 Å². The van der Waals surface area contributed by atoms with E-state index in [0.717, 1.165) is 27.4 Å². The summed E-state index contributed by atoms with van der Waals surface area (Å²) in [7, 11) is -2.08. The summed E-state index contributed by atoms with van der Waals surface area (Å²) in [6, 6.07) is 11.2. The summed E-state index contributed by atoms with van der Waals surface area (Å²) in [5, 5.41) is 2.99. The second-order valence-corrected chi connectivity index (χ2v) is 9.22. The monoisotopic (exact) mass is 448 g/mol. The van der Waals surface area contributed by atoms with Gasteiger partial charge in [0.2, 0.25) is 15.9 Å². The fraction of sp³-hybridized carbons (Fsp3) is 0.435. The number of carbonyl (C=O) groups excluding carboxylic acids is 1. The zero-order valence-electron chi connectivity index (χ0n) is 19.0. The number of anilines is 1. The molecule has 1 amide bonds. The normalized spacial score (nSPS) is 13.2. The summed E-state index contributed by atoms with van der Waals surface area (Å²) >= 11 is 0. The number of methoxy groups -OCH3 is 1. The molecule has 0 radical (unpaired) electrons. The number of benzene rings is 2. The molecular formula is C23H32N2O5S. The van der Waals surface area contributed by atoms with Gasteiger partial charge in [-0.25, -0.2) is 8.42 Å². The van der Waals surface area contributed by atoms with Crippen LogP contribution in [0.15, 0.2) is 42.5 Å². The number of hydrogen-bond donors (Lipinski definition) is 1. The van der Waals surface area contributed by atoms with E-state index in [1.54, 1.807) is 38.3 Å². The number of aryl methyl sites for hydroxylation is 1. The highest BCUT2D eigenvalue weighted by Gasteiger charge is 2.30. The number of nitrogens with one attached hydrogen (secondary N) is 1. The molecule has 0 fully saturated rings. The minimum absolute atomic E-state index is 0.249. The van der Waals surface area contributed by atoms with E-state index in [1.165, 1.54) is 0 Å². The Morgan fingerprint density at radius 2 is 1.77 bits per heavy atom. The van der Waals surface area contributed by atoms with Crippen LogP contribution in [-0.2, 0) is 14.8 Å². The van der Waals surface area contributed by atoms with Gasteiger partial charge >= 0.3 is 0 Å². The van der Waals surface area contributed by atoms with Crippen molar-refractivity contribution in [3.8, 4) is 11.5 Å². The number of sulfonamides is 1. The smallest absolute Gasteiger partial charge is 0.244 e. The lowest BCUT2D eigenvalue weighted by Gasteiger charge is -2.30. The fourth-order valence-electron chi connectivity index (χ4n) is 3.50. The van der Waals surface area contributed by atoms with Crippen molar-refractivity contribution in [2.24, 2.45) is 0 Å². The first-order valence-corrected chi connectivity index (χ1v) is 12.1. The third-order valence-corrected chi connectivity index (χ3v) is 6.28. The van der Waals surface area contributed by atoms with Crippen molar-refractivity contribution in [2.75, 3.05) is 24.3 Å². The molecule has 8 heteroatoms. The molecule has 0 bridgehead atoms. The Kier molecular flexibility index (Phi) is 8.33. The van der Waals surface area contributed by atoms with Gasteiger partial charge in [0.1, 0.15) is 17.5 Å². The molecule has 1 N–H and O–H groups in total. The van der Waals surface area contributed by atoms with Gasteiger partial charge in [0.05, 0.1) is 31.7 Å². The summed E-state index contributed by atoms with van der Waals surface area (Å²) < 4.78 is 36.9. The molecule has 0 aliphatic carbocycles. The summed E-state index contributed by atoms with van der Waals surface area (Å²) in [6.07, 6.45) is 1.75. The predicted molar refractivity (Wildman–Crippen MR) is 123 cm³/mol. The van der Waals surface area contributed by atoms with Crippen molar-refractivity contribution >= 4 is 21.6 Å². The zero-order chi connectivity index (χ0) is 23.2. The molecule has 0 saturated carbocycles. The van der Waals surface area contributed by atoms with E-state index in [2.05, 4.69) is 5.32 Å². The second-order valence-electron chi connectivity index (χ2n) is 7.36. The first-order valence-electron chi connectivity index (χ1n) is 10.3. The predicted octanol–water partition coefficient (Wildman–Crippen LogP) is 3.82. The molecule has 0 heterocycles. The van der Waals surface area contributed by atoms with Gasteiger partial charge in [-0.2, -0.15) is 0 Å². The van der Waals surface area contributed by atoms with Crippen molar-refractivity contribution in [2.45, 2.75) is 46.2 Å². The maximum absolute atomic E-state index is 13.1. The van der Waals surface area contributed by atoms with E-state index in [-0.39, 0.29) is 11.9 Å². The lowest BCUT2D eigenvalue weighted by Crippen LogP contribution is -2.48. The standard InChI is InChI=1S/C23H32N2O5S/c1-7-21(18-9-14-22(29-5)16(3)15-18)24-23(26)17(4)25(31(6,27)28)19-10-12-20(13-11-19)30-8-2/h9-15,17,21H,7-8H2,1-6H3,(H,24,26)/t17-,21-/m1/s1. The number of carbonyl (C=O) groups is 1. The van der Waals surface area contributed by atoms with Crippen molar-refractivity contribution in [1.82, 2.24) is 5.32 Å². The van der Waals surface area contributed by atoms with Crippen molar-refractivity contribution in [3.63, 3.8) is 0 Å². The van der Waals surface area contributed by atoms with Crippen LogP contribution in [0, 0.1) is 6.92 Å². The molecule has 2 aromatic rings. The van der Waals surface area contributed by atoms with Gasteiger partial charge in [-0.05, 0) is 68.7 Å². The molecule has 2 rings (SSSR count). The van der Waals surface area contributed by atoms with Crippen LogP contribution in [0.25, 0.3) is 0 Å². The minimum atomic E-state index is -3.70. The molecule has 7 nitrogen and oxygen atoms in total. The molecule has 0 spiro atoms. The topological polar surface area (TPSA) is 84.9 Å². The van der Waals surface area contributed by atoms with Gasteiger partial charge in [-0.3, -0.25) is 9.10 Å². The number of ether oxygens (including phenoxy) is 2. The Morgan fingerprint density at radius 3 is 2.26 bits per heavy atom. The van der Waals surface area contributed by atoms with Gasteiger partial charge in [0.25, 0.3) is 0 Å². The van der Waals surface area contributed by atoms with E-state index in [9.17, 15) is 13.2 Å². The lowest BCUT2D eigenvalue weighted by molar-refractivity contribution is -0.122. The molecule has 170 valence electrons. The van der Waals surface area contributed by atoms with Crippen LogP contribution < -0.4 is 19.1 Å². The summed E-state index contributed by atoms with van der Waals surface area (Å²) in [5.74, 6) is 1.04. The SMILES string of the molecule is CCOc1ccc(N([C@H](C)C(=O)N[C@H](CC)c2ccc(OC)c(C)c2)S(C)(=O)=O)cc1. The van der Waals surface area contributed by atoms with E-state index in [0.29, 0.717) is 24.5 Å². The summed E-state index contributed by atoms with van der Waals surface area (Å²) in [5.41, 5.74) is 2.31. The van der Waals surface area contributed by atoms with Gasteiger partial charge in [-0.1, -0.05) is 19.1 Å². The van der Waals surface area contributed by atoms with E-state index in [4.69, 9.17) is 9.47 Å². The Morgan fingerprint density at radius 1 is 1.13 bits per heavy atom. The molecule has 0 aliphatic rings. The quantitative estimate of drug-likeness (QED) is 0.597. The number of nitrogens with zero attached hydrogens (tertiary/aromatic N) is 1. The van der Waals surface area contributed by atoms with Crippen LogP contribution in [0.5, 0.6) is 11.5 Å². The molecule has 2 aromatic carbocycles. The van der Waals surface area contributed by atoms with Crippen LogP contribution in [0.3, 0.4) is 0 Å². The molecule has 0 saturated heterocycles. The molecule has 2 atom stereocenters. The molecule has 0 aromatic heterocycles. The first-order chi connectivity index (χ1) is 14.6. The number of hydrogen-bond acceptors (Lipinski definition) is 5. The van der Waals surface area contributed by atoms with Gasteiger partial charge < -0.3 is 14.8 Å². The summed E-state index contributed by atoms with van der Waals surface area (Å²) in [4.78, 5) is 13.1. The van der Waals surface area contributed by atoms with Crippen molar-refractivity contribution in [1.29, 1.82) is 0 Å². The van der Waals surface area contributed by atoms with Crippen molar-refractivity contribution < 1.29 is 22.7 Å². The summed E-state index contributed by atoms with van der Waals surface area (Å²) in [6.45, 7) is 7.88. The minimum Gasteiger partial charge on any atom is -0.496 e. The maximum Gasteiger partial charge on any atom is 0.244 e. The van der Waals surface area contributed by atoms with Crippen LogP contribution in [0.2, 0.25) is 0 Å². The Balaban J connectivity index is 2.26. The fourth-order valence-corrected chi connectivity index (χ4v) is 4.67. The number of amides is 1. The van der Waals surface area contributed by atoms with Gasteiger partial charge in [0, 0.05) is 0 Å². The number of rotatable bonds is 10. The zero-order valence-corrected chi connectivity index (χ0v) is 19.8. The van der Waals surface area contributed by atoms with Gasteiger partial charge in [-0.15, -0.1) is 0 Å². The van der Waals surface area contributed by atoms with Gasteiger partial charge in [0.15, 0.2) is 0 Å². The molecule has 31 heavy (non-hydrogen) atoms. The molecule has 0 aliphatic heterocycles. The van der Waals surface area contributed by atoms with E-state index >= 15 is 0 Å². The third-order valence-electron chi connectivity index (χ3n) is 5.04. The third kappa shape index (κ3) is 6.13. The average Bonchev–Trinajstić information content (AvgIpc) is 2.72. The lowest BCUT2D eigenvalue weighted by atomic mass is 10.0. The van der Waals surface area contributed by atoms with E-state index in [1.807, 2.05) is 39.0 Å². The van der Waals surface area contributed by atoms with Crippen LogP contribution in [-0.4, -0.2) is 40.3 Å². The van der Waals surface area contributed by atoms with Crippen molar-refractivity contribution in [3.05, 3.63) is 53.6 Å². The maximum atomic E-state index is 13.1. The second kappa shape index (κ2) is 10.5. The van der Waals surface area contributed by atoms with E-state index < -0.39 is 16.1 Å². The van der Waals surface area contributed by atoms with Crippen LogP contribution in [0.1, 0.15) is 44.4 Å². The molecule has 0 unspecified atom stereocenters. The average molecular weight is 449 g/mol. The Bertz CT molecular complexity index is 990. The Hall–Kier alpha value is -2.74. The highest BCUT2D eigenvalue weighted by molar-refractivity contribution is 7.92. The first kappa shape index (κ1) is 24.5. The largest absolute Gasteiger partial charge is 0.496 e. The molecular weight excluding hydrogens is 416 g/mol. The van der Waals surface area contributed by atoms with Crippen LogP contribution >= 0.6 is 0 Å². The highest BCUT2D eigenvalue weighted by Crippen LogP contribution is 2.26.